The number of ether oxygens (including phenoxy) is 1. The van der Waals surface area contributed by atoms with Crippen molar-refractivity contribution >= 4 is 39.8 Å². The molecule has 0 saturated heterocycles. The van der Waals surface area contributed by atoms with Crippen LogP contribution in [0.5, 0.6) is 0 Å². The van der Waals surface area contributed by atoms with Gasteiger partial charge in [-0.25, -0.2) is 4.79 Å². The van der Waals surface area contributed by atoms with Gasteiger partial charge in [0.2, 0.25) is 5.91 Å². The largest absolute Gasteiger partial charge is 0.449 e. The third-order valence-electron chi connectivity index (χ3n) is 4.60. The second-order valence-electron chi connectivity index (χ2n) is 7.00. The highest BCUT2D eigenvalue weighted by Crippen LogP contribution is 2.38. The molecule has 0 saturated carbocycles. The van der Waals surface area contributed by atoms with E-state index in [4.69, 9.17) is 4.74 Å². The number of carbonyl (C=O) groups is 3. The Kier molecular flexibility index (Phi) is 6.14. The summed E-state index contributed by atoms with van der Waals surface area (Å²) in [7, 11) is 0. The smallest absolute Gasteiger partial charge is 0.342 e. The number of amides is 2. The first kappa shape index (κ1) is 20.1. The molecule has 2 N–H and O–H groups in total. The fourth-order valence-electron chi connectivity index (χ4n) is 3.27. The first-order valence-electron chi connectivity index (χ1n) is 9.35. The number of anilines is 2. The van der Waals surface area contributed by atoms with Crippen molar-refractivity contribution in [2.24, 2.45) is 0 Å². The molecule has 0 radical (unpaired) electrons. The highest BCUT2D eigenvalue weighted by atomic mass is 32.1. The van der Waals surface area contributed by atoms with Crippen LogP contribution in [0.3, 0.4) is 0 Å². The molecule has 0 fully saturated rings. The standard InChI is InChI=1S/C21H24N2O4S/c1-12-7-6-8-15(11-12)23-19(25)13(2)27-21(26)18-16-9-4-5-10-17(16)28-20(18)22-14(3)24/h6-8,11,13H,4-5,9-10H2,1-3H3,(H,22,24)(H,23,25)/t13-/m0/s1. The van der Waals surface area contributed by atoms with Gasteiger partial charge in [-0.3, -0.25) is 9.59 Å². The van der Waals surface area contributed by atoms with Gasteiger partial charge in [0.1, 0.15) is 5.00 Å². The Hall–Kier alpha value is -2.67. The van der Waals surface area contributed by atoms with Crippen LogP contribution in [0.1, 0.15) is 53.1 Å². The summed E-state index contributed by atoms with van der Waals surface area (Å²) in [5.41, 5.74) is 3.01. The van der Waals surface area contributed by atoms with Crippen LogP contribution in [0.15, 0.2) is 24.3 Å². The van der Waals surface area contributed by atoms with Gasteiger partial charge in [-0.15, -0.1) is 11.3 Å². The van der Waals surface area contributed by atoms with Gasteiger partial charge in [-0.1, -0.05) is 12.1 Å². The van der Waals surface area contributed by atoms with E-state index in [0.717, 1.165) is 41.7 Å². The number of hydrogen-bond donors (Lipinski definition) is 2. The maximum atomic E-state index is 12.9. The zero-order chi connectivity index (χ0) is 20.3. The van der Waals surface area contributed by atoms with Crippen molar-refractivity contribution in [1.82, 2.24) is 0 Å². The minimum atomic E-state index is -0.961. The molecule has 1 aliphatic rings. The van der Waals surface area contributed by atoms with E-state index in [1.54, 1.807) is 13.0 Å². The Bertz CT molecular complexity index is 919. The number of carbonyl (C=O) groups excluding carboxylic acids is 3. The Morgan fingerprint density at radius 2 is 1.89 bits per heavy atom. The summed E-state index contributed by atoms with van der Waals surface area (Å²) in [5.74, 6) is -1.21. The average Bonchev–Trinajstić information content (AvgIpc) is 2.98. The molecule has 1 heterocycles. The predicted molar refractivity (Wildman–Crippen MR) is 110 cm³/mol. The van der Waals surface area contributed by atoms with Crippen LogP contribution < -0.4 is 10.6 Å². The van der Waals surface area contributed by atoms with Crippen molar-refractivity contribution < 1.29 is 19.1 Å². The Balaban J connectivity index is 1.75. The van der Waals surface area contributed by atoms with Crippen molar-refractivity contribution in [2.45, 2.75) is 52.6 Å². The van der Waals surface area contributed by atoms with E-state index in [0.29, 0.717) is 16.3 Å². The lowest BCUT2D eigenvalue weighted by atomic mass is 9.95. The molecule has 0 spiro atoms. The van der Waals surface area contributed by atoms with E-state index < -0.39 is 18.0 Å². The Morgan fingerprint density at radius 1 is 1.14 bits per heavy atom. The van der Waals surface area contributed by atoms with Crippen LogP contribution >= 0.6 is 11.3 Å². The molecule has 0 bridgehead atoms. The van der Waals surface area contributed by atoms with Gasteiger partial charge < -0.3 is 15.4 Å². The van der Waals surface area contributed by atoms with Crippen LogP contribution in [0, 0.1) is 6.92 Å². The van der Waals surface area contributed by atoms with Gasteiger partial charge in [0.25, 0.3) is 5.91 Å². The maximum absolute atomic E-state index is 12.9. The molecular formula is C21H24N2O4S. The lowest BCUT2D eigenvalue weighted by Crippen LogP contribution is -2.30. The molecule has 28 heavy (non-hydrogen) atoms. The fraction of sp³-hybridized carbons (Fsp3) is 0.381. The molecule has 0 unspecified atom stereocenters. The quantitative estimate of drug-likeness (QED) is 0.741. The second kappa shape index (κ2) is 8.56. The molecule has 1 aromatic carbocycles. The molecule has 1 atom stereocenters. The first-order chi connectivity index (χ1) is 13.3. The molecule has 3 rings (SSSR count). The highest BCUT2D eigenvalue weighted by Gasteiger charge is 2.29. The highest BCUT2D eigenvalue weighted by molar-refractivity contribution is 7.17. The molecule has 6 nitrogen and oxygen atoms in total. The third-order valence-corrected chi connectivity index (χ3v) is 5.81. The van der Waals surface area contributed by atoms with Gasteiger partial charge >= 0.3 is 5.97 Å². The van der Waals surface area contributed by atoms with Gasteiger partial charge in [-0.05, 0) is 62.8 Å². The number of aryl methyl sites for hydroxylation is 2. The third kappa shape index (κ3) is 4.59. The first-order valence-corrected chi connectivity index (χ1v) is 10.2. The average molecular weight is 401 g/mol. The molecule has 148 valence electrons. The van der Waals surface area contributed by atoms with Gasteiger partial charge in [0.05, 0.1) is 5.56 Å². The minimum Gasteiger partial charge on any atom is -0.449 e. The number of nitrogens with one attached hydrogen (secondary N) is 2. The van der Waals surface area contributed by atoms with Crippen LogP contribution in [0.4, 0.5) is 10.7 Å². The molecule has 1 aromatic heterocycles. The number of rotatable bonds is 5. The monoisotopic (exact) mass is 400 g/mol. The summed E-state index contributed by atoms with van der Waals surface area (Å²) in [5, 5.41) is 6.01. The zero-order valence-electron chi connectivity index (χ0n) is 16.3. The van der Waals surface area contributed by atoms with Gasteiger partial charge in [0.15, 0.2) is 6.10 Å². The van der Waals surface area contributed by atoms with E-state index >= 15 is 0 Å². The van der Waals surface area contributed by atoms with E-state index in [2.05, 4.69) is 10.6 Å². The van der Waals surface area contributed by atoms with E-state index in [-0.39, 0.29) is 5.91 Å². The summed E-state index contributed by atoms with van der Waals surface area (Å²) in [4.78, 5) is 37.9. The topological polar surface area (TPSA) is 84.5 Å². The summed E-state index contributed by atoms with van der Waals surface area (Å²) in [6.07, 6.45) is 2.77. The number of esters is 1. The summed E-state index contributed by atoms with van der Waals surface area (Å²) >= 11 is 1.42. The SMILES string of the molecule is CC(=O)Nc1sc2c(c1C(=O)O[C@@H](C)C(=O)Nc1cccc(C)c1)CCCC2. The van der Waals surface area contributed by atoms with Gasteiger partial charge in [0, 0.05) is 17.5 Å². The van der Waals surface area contributed by atoms with Crippen molar-refractivity contribution in [3.05, 3.63) is 45.8 Å². The van der Waals surface area contributed by atoms with Crippen LogP contribution in [0.2, 0.25) is 0 Å². The van der Waals surface area contributed by atoms with Crippen molar-refractivity contribution in [2.75, 3.05) is 10.6 Å². The van der Waals surface area contributed by atoms with Crippen molar-refractivity contribution in [3.8, 4) is 0 Å². The lowest BCUT2D eigenvalue weighted by Gasteiger charge is -2.16. The molecule has 2 amide bonds. The van der Waals surface area contributed by atoms with Crippen molar-refractivity contribution in [1.29, 1.82) is 0 Å². The van der Waals surface area contributed by atoms with Crippen LogP contribution in [-0.2, 0) is 27.2 Å². The normalized spacial score (nSPS) is 14.0. The van der Waals surface area contributed by atoms with Gasteiger partial charge in [-0.2, -0.15) is 0 Å². The second-order valence-corrected chi connectivity index (χ2v) is 8.11. The number of hydrogen-bond acceptors (Lipinski definition) is 5. The van der Waals surface area contributed by atoms with Crippen LogP contribution in [-0.4, -0.2) is 23.9 Å². The van der Waals surface area contributed by atoms with E-state index in [9.17, 15) is 14.4 Å². The fourth-order valence-corrected chi connectivity index (χ4v) is 4.59. The van der Waals surface area contributed by atoms with E-state index in [1.807, 2.05) is 25.1 Å². The lowest BCUT2D eigenvalue weighted by molar-refractivity contribution is -0.123. The van der Waals surface area contributed by atoms with E-state index in [1.165, 1.54) is 18.3 Å². The summed E-state index contributed by atoms with van der Waals surface area (Å²) in [6, 6.07) is 7.40. The molecule has 2 aromatic rings. The number of benzene rings is 1. The molecular weight excluding hydrogens is 376 g/mol. The van der Waals surface area contributed by atoms with Crippen LogP contribution in [0.25, 0.3) is 0 Å². The Morgan fingerprint density at radius 3 is 2.61 bits per heavy atom. The summed E-state index contributed by atoms with van der Waals surface area (Å²) < 4.78 is 5.45. The Labute approximate surface area is 168 Å². The predicted octanol–water partition coefficient (Wildman–Crippen LogP) is 4.08. The number of thiophene rings is 1. The van der Waals surface area contributed by atoms with Crippen molar-refractivity contribution in [3.63, 3.8) is 0 Å². The maximum Gasteiger partial charge on any atom is 0.342 e. The zero-order valence-corrected chi connectivity index (χ0v) is 17.1. The molecule has 0 aliphatic heterocycles. The summed E-state index contributed by atoms with van der Waals surface area (Å²) in [6.45, 7) is 4.88. The number of fused-ring (bicyclic) bond motifs is 1. The minimum absolute atomic E-state index is 0.238. The molecule has 7 heteroatoms. The molecule has 1 aliphatic carbocycles.